The van der Waals surface area contributed by atoms with Gasteiger partial charge in [0.05, 0.1) is 6.54 Å². The molecule has 0 bridgehead atoms. The summed E-state index contributed by atoms with van der Waals surface area (Å²) < 4.78 is 5.57. The molecule has 1 unspecified atom stereocenters. The Morgan fingerprint density at radius 1 is 1.31 bits per heavy atom. The maximum absolute atomic E-state index is 5.57. The van der Waals surface area contributed by atoms with Gasteiger partial charge in [-0.3, -0.25) is 0 Å². The summed E-state index contributed by atoms with van der Waals surface area (Å²) in [5.41, 5.74) is 0. The molecule has 1 atom stereocenters. The van der Waals surface area contributed by atoms with Crippen LogP contribution in [0.4, 0.5) is 0 Å². The second-order valence-corrected chi connectivity index (χ2v) is 3.41. The first kappa shape index (κ1) is 10.3. The van der Waals surface area contributed by atoms with Crippen molar-refractivity contribution in [1.82, 2.24) is 5.32 Å². The average Bonchev–Trinajstić information content (AvgIpc) is 2.61. The Labute approximate surface area is 80.3 Å². The summed E-state index contributed by atoms with van der Waals surface area (Å²) in [6.07, 6.45) is 2.13. The molecule has 0 spiro atoms. The fraction of sp³-hybridized carbons (Fsp3) is 0.636. The van der Waals surface area contributed by atoms with Gasteiger partial charge in [0.2, 0.25) is 0 Å². The quantitative estimate of drug-likeness (QED) is 0.755. The normalized spacial score (nSPS) is 13.2. The Kier molecular flexibility index (Phi) is 4.03. The highest BCUT2D eigenvalue weighted by Crippen LogP contribution is 2.08. The van der Waals surface area contributed by atoms with Crippen molar-refractivity contribution >= 4 is 0 Å². The minimum absolute atomic E-state index is 0.565. The zero-order valence-electron chi connectivity index (χ0n) is 8.76. The maximum atomic E-state index is 5.57. The third kappa shape index (κ3) is 3.23. The van der Waals surface area contributed by atoms with Gasteiger partial charge in [-0.05, 0) is 25.5 Å². The van der Waals surface area contributed by atoms with E-state index in [4.69, 9.17) is 4.42 Å². The minimum Gasteiger partial charge on any atom is -0.465 e. The van der Waals surface area contributed by atoms with Gasteiger partial charge < -0.3 is 9.73 Å². The van der Waals surface area contributed by atoms with Crippen molar-refractivity contribution < 1.29 is 4.42 Å². The van der Waals surface area contributed by atoms with Crippen molar-refractivity contribution in [3.63, 3.8) is 0 Å². The lowest BCUT2D eigenvalue weighted by molar-refractivity contribution is 0.428. The van der Waals surface area contributed by atoms with Crippen molar-refractivity contribution in [1.29, 1.82) is 0 Å². The molecule has 1 aromatic heterocycles. The van der Waals surface area contributed by atoms with Crippen LogP contribution in [-0.2, 0) is 13.0 Å². The third-order valence-electron chi connectivity index (χ3n) is 2.30. The van der Waals surface area contributed by atoms with Crippen LogP contribution in [0, 0.1) is 0 Å². The van der Waals surface area contributed by atoms with E-state index in [1.54, 1.807) is 0 Å². The molecule has 1 heterocycles. The van der Waals surface area contributed by atoms with Crippen LogP contribution in [0.2, 0.25) is 0 Å². The van der Waals surface area contributed by atoms with Gasteiger partial charge in [0, 0.05) is 12.5 Å². The average molecular weight is 181 g/mol. The lowest BCUT2D eigenvalue weighted by Gasteiger charge is -2.08. The molecule has 0 fully saturated rings. The highest BCUT2D eigenvalue weighted by atomic mass is 16.3. The zero-order chi connectivity index (χ0) is 9.68. The highest BCUT2D eigenvalue weighted by molar-refractivity contribution is 5.06. The number of rotatable bonds is 5. The molecule has 2 heteroatoms. The standard InChI is InChI=1S/C11H19NO/c1-4-9(3)12-8-11-7-6-10(5-2)13-11/h6-7,9,12H,4-5,8H2,1-3H3. The summed E-state index contributed by atoms with van der Waals surface area (Å²) >= 11 is 0. The fourth-order valence-corrected chi connectivity index (χ4v) is 1.13. The van der Waals surface area contributed by atoms with Crippen LogP contribution in [0.15, 0.2) is 16.5 Å². The van der Waals surface area contributed by atoms with Gasteiger partial charge in [0.1, 0.15) is 11.5 Å². The van der Waals surface area contributed by atoms with Gasteiger partial charge in [0.25, 0.3) is 0 Å². The van der Waals surface area contributed by atoms with Crippen LogP contribution in [0.1, 0.15) is 38.7 Å². The van der Waals surface area contributed by atoms with E-state index in [0.29, 0.717) is 6.04 Å². The van der Waals surface area contributed by atoms with E-state index in [2.05, 4.69) is 26.1 Å². The monoisotopic (exact) mass is 181 g/mol. The summed E-state index contributed by atoms with van der Waals surface area (Å²) in [5, 5.41) is 3.39. The molecule has 0 aliphatic carbocycles. The van der Waals surface area contributed by atoms with Crippen molar-refractivity contribution in [3.05, 3.63) is 23.7 Å². The first-order valence-electron chi connectivity index (χ1n) is 5.07. The number of hydrogen-bond acceptors (Lipinski definition) is 2. The van der Waals surface area contributed by atoms with Crippen LogP contribution >= 0.6 is 0 Å². The highest BCUT2D eigenvalue weighted by Gasteiger charge is 2.01. The Hall–Kier alpha value is -0.760. The molecular formula is C11H19NO. The predicted molar refractivity (Wildman–Crippen MR) is 54.7 cm³/mol. The Morgan fingerprint density at radius 2 is 2.00 bits per heavy atom. The summed E-state index contributed by atoms with van der Waals surface area (Å²) in [4.78, 5) is 0. The smallest absolute Gasteiger partial charge is 0.117 e. The van der Waals surface area contributed by atoms with E-state index in [1.807, 2.05) is 12.1 Å². The van der Waals surface area contributed by atoms with E-state index < -0.39 is 0 Å². The predicted octanol–water partition coefficient (Wildman–Crippen LogP) is 2.73. The van der Waals surface area contributed by atoms with E-state index in [0.717, 1.165) is 30.9 Å². The van der Waals surface area contributed by atoms with Gasteiger partial charge >= 0.3 is 0 Å². The summed E-state index contributed by atoms with van der Waals surface area (Å²) in [6, 6.07) is 4.66. The maximum Gasteiger partial charge on any atom is 0.117 e. The number of furan rings is 1. The first-order valence-corrected chi connectivity index (χ1v) is 5.07. The largest absolute Gasteiger partial charge is 0.465 e. The van der Waals surface area contributed by atoms with Crippen molar-refractivity contribution in [2.45, 2.75) is 46.2 Å². The molecule has 0 aromatic carbocycles. The minimum atomic E-state index is 0.565. The molecule has 1 aromatic rings. The summed E-state index contributed by atoms with van der Waals surface area (Å²) in [5.74, 6) is 2.11. The Bertz CT molecular complexity index is 242. The molecule has 0 amide bonds. The summed E-state index contributed by atoms with van der Waals surface area (Å²) in [7, 11) is 0. The van der Waals surface area contributed by atoms with Gasteiger partial charge in [-0.25, -0.2) is 0 Å². The second kappa shape index (κ2) is 5.07. The number of nitrogens with one attached hydrogen (secondary N) is 1. The lowest BCUT2D eigenvalue weighted by Crippen LogP contribution is -2.24. The van der Waals surface area contributed by atoms with E-state index in [1.165, 1.54) is 0 Å². The molecule has 74 valence electrons. The molecule has 0 saturated heterocycles. The van der Waals surface area contributed by atoms with Gasteiger partial charge in [-0.15, -0.1) is 0 Å². The van der Waals surface area contributed by atoms with Crippen molar-refractivity contribution in [2.75, 3.05) is 0 Å². The van der Waals surface area contributed by atoms with E-state index in [-0.39, 0.29) is 0 Å². The summed E-state index contributed by atoms with van der Waals surface area (Å²) in [6.45, 7) is 7.31. The van der Waals surface area contributed by atoms with E-state index >= 15 is 0 Å². The number of hydrogen-bond donors (Lipinski definition) is 1. The second-order valence-electron chi connectivity index (χ2n) is 3.41. The van der Waals surface area contributed by atoms with Crippen LogP contribution in [-0.4, -0.2) is 6.04 Å². The molecule has 0 saturated carbocycles. The van der Waals surface area contributed by atoms with Crippen LogP contribution in [0.3, 0.4) is 0 Å². The van der Waals surface area contributed by atoms with Crippen LogP contribution in [0.5, 0.6) is 0 Å². The van der Waals surface area contributed by atoms with E-state index in [9.17, 15) is 0 Å². The van der Waals surface area contributed by atoms with Crippen molar-refractivity contribution in [3.8, 4) is 0 Å². The fourth-order valence-electron chi connectivity index (χ4n) is 1.13. The molecule has 1 rings (SSSR count). The Morgan fingerprint density at radius 3 is 2.54 bits per heavy atom. The molecule has 0 radical (unpaired) electrons. The molecule has 0 aliphatic heterocycles. The number of aryl methyl sites for hydroxylation is 1. The molecule has 13 heavy (non-hydrogen) atoms. The first-order chi connectivity index (χ1) is 6.26. The van der Waals surface area contributed by atoms with Gasteiger partial charge in [0.15, 0.2) is 0 Å². The van der Waals surface area contributed by atoms with Crippen molar-refractivity contribution in [2.24, 2.45) is 0 Å². The van der Waals surface area contributed by atoms with Crippen LogP contribution < -0.4 is 5.32 Å². The lowest BCUT2D eigenvalue weighted by atomic mass is 10.2. The Balaban J connectivity index is 2.36. The van der Waals surface area contributed by atoms with Gasteiger partial charge in [-0.1, -0.05) is 13.8 Å². The topological polar surface area (TPSA) is 25.2 Å². The molecular weight excluding hydrogens is 162 g/mol. The third-order valence-corrected chi connectivity index (χ3v) is 2.30. The van der Waals surface area contributed by atoms with Gasteiger partial charge in [-0.2, -0.15) is 0 Å². The SMILES string of the molecule is CCc1ccc(CNC(C)CC)o1. The molecule has 1 N–H and O–H groups in total. The zero-order valence-corrected chi connectivity index (χ0v) is 8.76. The molecule has 0 aliphatic rings. The molecule has 2 nitrogen and oxygen atoms in total. The van der Waals surface area contributed by atoms with Crippen LogP contribution in [0.25, 0.3) is 0 Å².